The van der Waals surface area contributed by atoms with Gasteiger partial charge >= 0.3 is 0 Å². The maximum Gasteiger partial charge on any atom is 0.281 e. The second-order valence-corrected chi connectivity index (χ2v) is 8.39. The van der Waals surface area contributed by atoms with Gasteiger partial charge in [0.25, 0.3) is 11.8 Å². The van der Waals surface area contributed by atoms with Crippen LogP contribution in [-0.2, 0) is 4.79 Å². The van der Waals surface area contributed by atoms with Crippen molar-refractivity contribution < 1.29 is 14.4 Å². The van der Waals surface area contributed by atoms with Crippen molar-refractivity contribution in [3.8, 4) is 0 Å². The largest absolute Gasteiger partial charge is 0.323 e. The maximum atomic E-state index is 12.5. The zero-order valence-corrected chi connectivity index (χ0v) is 18.7. The van der Waals surface area contributed by atoms with Crippen molar-refractivity contribution in [1.82, 2.24) is 10.9 Å². The molecular formula is C25H18ClN3O3S. The predicted octanol–water partition coefficient (Wildman–Crippen LogP) is 5.28. The number of carbonyl (C=O) groups excluding carboxylic acids is 3. The van der Waals surface area contributed by atoms with Gasteiger partial charge < -0.3 is 5.32 Å². The molecule has 0 bridgehead atoms. The van der Waals surface area contributed by atoms with E-state index in [1.165, 1.54) is 17.4 Å². The average molecular weight is 476 g/mol. The molecule has 164 valence electrons. The highest BCUT2D eigenvalue weighted by Crippen LogP contribution is 2.34. The molecule has 0 saturated carbocycles. The lowest BCUT2D eigenvalue weighted by atomic mass is 10.2. The molecule has 0 spiro atoms. The Labute approximate surface area is 198 Å². The van der Waals surface area contributed by atoms with Gasteiger partial charge in [-0.25, -0.2) is 0 Å². The molecule has 4 rings (SSSR count). The molecule has 1 heterocycles. The van der Waals surface area contributed by atoms with E-state index in [9.17, 15) is 14.4 Å². The van der Waals surface area contributed by atoms with Gasteiger partial charge in [0.15, 0.2) is 0 Å². The first-order chi connectivity index (χ1) is 16.0. The molecule has 8 heteroatoms. The van der Waals surface area contributed by atoms with Gasteiger partial charge in [0.05, 0.1) is 5.02 Å². The number of amides is 3. The van der Waals surface area contributed by atoms with E-state index < -0.39 is 11.8 Å². The first-order valence-electron chi connectivity index (χ1n) is 9.93. The minimum absolute atomic E-state index is 0.288. The highest BCUT2D eigenvalue weighted by Gasteiger charge is 2.17. The molecule has 0 unspecified atom stereocenters. The van der Waals surface area contributed by atoms with E-state index >= 15 is 0 Å². The number of anilines is 1. The van der Waals surface area contributed by atoms with Crippen LogP contribution in [0.5, 0.6) is 0 Å². The fraction of sp³-hybridized carbons (Fsp3) is 0. The summed E-state index contributed by atoms with van der Waals surface area (Å²) in [5, 5.41) is 3.87. The number of nitrogens with one attached hydrogen (secondary N) is 3. The molecule has 33 heavy (non-hydrogen) atoms. The molecule has 3 amide bonds. The Hall–Kier alpha value is -3.94. The zero-order valence-electron chi connectivity index (χ0n) is 17.2. The third-order valence-corrected chi connectivity index (χ3v) is 6.35. The van der Waals surface area contributed by atoms with E-state index in [4.69, 9.17) is 11.6 Å². The number of carbonyl (C=O) groups is 3. The highest BCUT2D eigenvalue weighted by molar-refractivity contribution is 7.21. The van der Waals surface area contributed by atoms with E-state index in [1.54, 1.807) is 30.3 Å². The highest BCUT2D eigenvalue weighted by atomic mass is 35.5. The number of benzene rings is 3. The Balaban J connectivity index is 1.32. The van der Waals surface area contributed by atoms with Crippen molar-refractivity contribution >= 4 is 62.5 Å². The van der Waals surface area contributed by atoms with Crippen LogP contribution in [0.1, 0.15) is 25.6 Å². The van der Waals surface area contributed by atoms with Crippen molar-refractivity contribution in [2.24, 2.45) is 0 Å². The first-order valence-corrected chi connectivity index (χ1v) is 11.1. The molecule has 4 aromatic rings. The molecule has 0 radical (unpaired) electrons. The molecule has 3 N–H and O–H groups in total. The minimum Gasteiger partial charge on any atom is -0.323 e. The molecule has 0 saturated heterocycles. The summed E-state index contributed by atoms with van der Waals surface area (Å²) in [6, 6.07) is 23.2. The lowest BCUT2D eigenvalue weighted by Crippen LogP contribution is -2.41. The van der Waals surface area contributed by atoms with Gasteiger partial charge in [0, 0.05) is 27.4 Å². The fourth-order valence-corrected chi connectivity index (χ4v) is 4.44. The van der Waals surface area contributed by atoms with Crippen LogP contribution >= 0.6 is 22.9 Å². The van der Waals surface area contributed by atoms with Crippen molar-refractivity contribution in [2.45, 2.75) is 0 Å². The number of fused-ring (bicyclic) bond motifs is 1. The Morgan fingerprint density at radius 2 is 1.45 bits per heavy atom. The van der Waals surface area contributed by atoms with Crippen LogP contribution in [0.15, 0.2) is 84.9 Å². The van der Waals surface area contributed by atoms with Gasteiger partial charge in [0.2, 0.25) is 5.91 Å². The second kappa shape index (κ2) is 10.1. The Bertz CT molecular complexity index is 1350. The Morgan fingerprint density at radius 1 is 0.788 bits per heavy atom. The summed E-state index contributed by atoms with van der Waals surface area (Å²) in [6.07, 6.45) is 3.15. The van der Waals surface area contributed by atoms with E-state index in [-0.39, 0.29) is 5.91 Å². The second-order valence-electron chi connectivity index (χ2n) is 6.96. The summed E-state index contributed by atoms with van der Waals surface area (Å²) in [6.45, 7) is 0. The fourth-order valence-electron chi connectivity index (χ4n) is 3.03. The quantitative estimate of drug-likeness (QED) is 0.271. The third-order valence-electron chi connectivity index (χ3n) is 4.67. The van der Waals surface area contributed by atoms with Crippen molar-refractivity contribution in [3.63, 3.8) is 0 Å². The molecule has 0 aliphatic rings. The van der Waals surface area contributed by atoms with Crippen LogP contribution in [0.25, 0.3) is 16.2 Å². The smallest absolute Gasteiger partial charge is 0.281 e. The van der Waals surface area contributed by atoms with Gasteiger partial charge in [-0.2, -0.15) is 0 Å². The molecule has 3 aromatic carbocycles. The van der Waals surface area contributed by atoms with Crippen molar-refractivity contribution in [3.05, 3.63) is 106 Å². The van der Waals surface area contributed by atoms with Gasteiger partial charge in [0.1, 0.15) is 4.88 Å². The molecule has 0 atom stereocenters. The van der Waals surface area contributed by atoms with Crippen LogP contribution in [0.3, 0.4) is 0 Å². The number of hydrogen-bond acceptors (Lipinski definition) is 4. The van der Waals surface area contributed by atoms with Crippen LogP contribution in [0, 0.1) is 0 Å². The number of hydrogen-bond donors (Lipinski definition) is 3. The van der Waals surface area contributed by atoms with Gasteiger partial charge in [-0.1, -0.05) is 60.1 Å². The lowest BCUT2D eigenvalue weighted by molar-refractivity contribution is -0.111. The number of hydrazine groups is 1. The third kappa shape index (κ3) is 5.46. The molecule has 1 aromatic heterocycles. The molecule has 0 aliphatic carbocycles. The number of halogens is 1. The van der Waals surface area contributed by atoms with E-state index in [1.807, 2.05) is 54.6 Å². The summed E-state index contributed by atoms with van der Waals surface area (Å²) in [4.78, 5) is 37.2. The van der Waals surface area contributed by atoms with E-state index in [2.05, 4.69) is 16.2 Å². The van der Waals surface area contributed by atoms with Gasteiger partial charge in [-0.15, -0.1) is 11.3 Å². The van der Waals surface area contributed by atoms with Crippen molar-refractivity contribution in [1.29, 1.82) is 0 Å². The SMILES string of the molecule is O=C(/C=C/c1ccccc1)Nc1ccc(C(=O)NNC(=O)c2sc3ccccc3c2Cl)cc1. The van der Waals surface area contributed by atoms with Crippen LogP contribution < -0.4 is 16.2 Å². The zero-order chi connectivity index (χ0) is 23.2. The normalized spacial score (nSPS) is 10.8. The summed E-state index contributed by atoms with van der Waals surface area (Å²) < 4.78 is 0.884. The molecular weight excluding hydrogens is 458 g/mol. The topological polar surface area (TPSA) is 87.3 Å². The average Bonchev–Trinajstić information content (AvgIpc) is 3.19. The molecule has 0 fully saturated rings. The number of thiophene rings is 1. The van der Waals surface area contributed by atoms with Crippen molar-refractivity contribution in [2.75, 3.05) is 5.32 Å². The van der Waals surface area contributed by atoms with Crippen LogP contribution in [0.2, 0.25) is 5.02 Å². The Kier molecular flexibility index (Phi) is 6.83. The predicted molar refractivity (Wildman–Crippen MR) is 132 cm³/mol. The van der Waals surface area contributed by atoms with Crippen LogP contribution in [0.4, 0.5) is 5.69 Å². The lowest BCUT2D eigenvalue weighted by Gasteiger charge is -2.08. The maximum absolute atomic E-state index is 12.5. The summed E-state index contributed by atoms with van der Waals surface area (Å²) in [7, 11) is 0. The molecule has 0 aliphatic heterocycles. The Morgan fingerprint density at radius 3 is 2.18 bits per heavy atom. The van der Waals surface area contributed by atoms with Gasteiger partial charge in [-0.05, 0) is 42.0 Å². The van der Waals surface area contributed by atoms with Gasteiger partial charge in [-0.3, -0.25) is 25.2 Å². The summed E-state index contributed by atoms with van der Waals surface area (Å²) in [5.41, 5.74) is 6.53. The standard InChI is InChI=1S/C25H18ClN3O3S/c26-22-19-8-4-5-9-20(19)33-23(22)25(32)29-28-24(31)17-11-13-18(14-12-17)27-21(30)15-10-16-6-2-1-3-7-16/h1-15H,(H,27,30)(H,28,31)(H,29,32)/b15-10+. The monoisotopic (exact) mass is 475 g/mol. The van der Waals surface area contributed by atoms with E-state index in [0.29, 0.717) is 21.2 Å². The van der Waals surface area contributed by atoms with E-state index in [0.717, 1.165) is 15.6 Å². The van der Waals surface area contributed by atoms with Crippen LogP contribution in [-0.4, -0.2) is 17.7 Å². The number of rotatable bonds is 5. The first kappa shape index (κ1) is 22.3. The minimum atomic E-state index is -0.498. The molecule has 6 nitrogen and oxygen atoms in total. The summed E-state index contributed by atoms with van der Waals surface area (Å²) >= 11 is 7.55. The summed E-state index contributed by atoms with van der Waals surface area (Å²) in [5.74, 6) is -1.28.